The van der Waals surface area contributed by atoms with Gasteiger partial charge < -0.3 is 10.2 Å². The highest BCUT2D eigenvalue weighted by Gasteiger charge is 2.54. The van der Waals surface area contributed by atoms with Crippen molar-refractivity contribution >= 4 is 11.6 Å². The first-order valence-electron chi connectivity index (χ1n) is 8.20. The number of benzene rings is 1. The third kappa shape index (κ3) is 1.88. The van der Waals surface area contributed by atoms with Gasteiger partial charge in [-0.25, -0.2) is 0 Å². The number of aromatic hydroxyl groups is 1. The molecule has 0 bridgehead atoms. The Morgan fingerprint density at radius 2 is 2.00 bits per heavy atom. The number of rotatable bonds is 0. The molecule has 3 aliphatic carbocycles. The van der Waals surface area contributed by atoms with Crippen LogP contribution in [0.4, 0.5) is 0 Å². The Morgan fingerprint density at radius 3 is 2.81 bits per heavy atom. The van der Waals surface area contributed by atoms with Crippen LogP contribution < -0.4 is 0 Å². The second-order valence-electron chi connectivity index (χ2n) is 7.56. The zero-order valence-electron chi connectivity index (χ0n) is 12.5. The van der Waals surface area contributed by atoms with E-state index in [9.17, 15) is 10.2 Å². The summed E-state index contributed by atoms with van der Waals surface area (Å²) in [4.78, 5) is 0. The van der Waals surface area contributed by atoms with Gasteiger partial charge >= 0.3 is 0 Å². The molecule has 5 atom stereocenters. The quantitative estimate of drug-likeness (QED) is 0.752. The Kier molecular flexibility index (Phi) is 3.07. The highest BCUT2D eigenvalue weighted by molar-refractivity contribution is 6.32. The molecule has 1 aromatic carbocycles. The Bertz CT molecular complexity index is 585. The number of phenolic OH excluding ortho intramolecular Hbond substituents is 1. The van der Waals surface area contributed by atoms with Gasteiger partial charge in [0.2, 0.25) is 0 Å². The van der Waals surface area contributed by atoms with Crippen LogP contribution >= 0.6 is 11.6 Å². The molecule has 2 N–H and O–H groups in total. The molecule has 0 aromatic heterocycles. The van der Waals surface area contributed by atoms with E-state index < -0.39 is 0 Å². The number of halogens is 1. The molecule has 4 rings (SSSR count). The van der Waals surface area contributed by atoms with E-state index in [0.717, 1.165) is 25.7 Å². The van der Waals surface area contributed by atoms with Gasteiger partial charge in [-0.3, -0.25) is 0 Å². The smallest absolute Gasteiger partial charge is 0.134 e. The van der Waals surface area contributed by atoms with Gasteiger partial charge in [-0.15, -0.1) is 0 Å². The van der Waals surface area contributed by atoms with Gasteiger partial charge in [-0.05, 0) is 85.0 Å². The first-order chi connectivity index (χ1) is 10.0. The van der Waals surface area contributed by atoms with Gasteiger partial charge in [-0.2, -0.15) is 0 Å². The average molecular weight is 307 g/mol. The Labute approximate surface area is 131 Å². The number of fused-ring (bicyclic) bond motifs is 5. The van der Waals surface area contributed by atoms with Crippen molar-refractivity contribution in [2.45, 2.75) is 57.5 Å². The van der Waals surface area contributed by atoms with Gasteiger partial charge in [0.15, 0.2) is 0 Å². The first kappa shape index (κ1) is 13.9. The maximum atomic E-state index is 10.4. The Balaban J connectivity index is 1.73. The topological polar surface area (TPSA) is 40.5 Å². The van der Waals surface area contributed by atoms with Crippen molar-refractivity contribution in [3.05, 3.63) is 28.3 Å². The SMILES string of the molecule is C[C@]12CCC3c4cc(Cl)c(O)cc4CCC3C1CC[C@@H]2O. The summed E-state index contributed by atoms with van der Waals surface area (Å²) in [6.45, 7) is 2.30. The maximum Gasteiger partial charge on any atom is 0.134 e. The molecule has 2 saturated carbocycles. The van der Waals surface area contributed by atoms with E-state index in [1.807, 2.05) is 12.1 Å². The zero-order valence-corrected chi connectivity index (χ0v) is 13.2. The minimum absolute atomic E-state index is 0.117. The van der Waals surface area contributed by atoms with E-state index in [1.54, 1.807) is 0 Å². The van der Waals surface area contributed by atoms with Crippen LogP contribution in [0.2, 0.25) is 5.02 Å². The normalized spacial score (nSPS) is 41.3. The minimum Gasteiger partial charge on any atom is -0.506 e. The lowest BCUT2D eigenvalue weighted by Gasteiger charge is -2.50. The largest absolute Gasteiger partial charge is 0.506 e. The number of phenols is 1. The molecule has 0 radical (unpaired) electrons. The van der Waals surface area contributed by atoms with E-state index in [4.69, 9.17) is 11.6 Å². The van der Waals surface area contributed by atoms with Gasteiger partial charge in [0.05, 0.1) is 11.1 Å². The zero-order chi connectivity index (χ0) is 14.8. The van der Waals surface area contributed by atoms with Crippen molar-refractivity contribution in [2.24, 2.45) is 17.3 Å². The van der Waals surface area contributed by atoms with Crippen molar-refractivity contribution < 1.29 is 10.2 Å². The molecule has 0 heterocycles. The second-order valence-corrected chi connectivity index (χ2v) is 7.96. The van der Waals surface area contributed by atoms with Crippen molar-refractivity contribution in [1.82, 2.24) is 0 Å². The fourth-order valence-corrected chi connectivity index (χ4v) is 5.73. The number of aryl methyl sites for hydroxylation is 1. The summed E-state index contributed by atoms with van der Waals surface area (Å²) in [5, 5.41) is 20.7. The molecule has 0 amide bonds. The van der Waals surface area contributed by atoms with Crippen LogP contribution in [-0.2, 0) is 6.42 Å². The van der Waals surface area contributed by atoms with Crippen LogP contribution in [0.3, 0.4) is 0 Å². The monoisotopic (exact) mass is 306 g/mol. The van der Waals surface area contributed by atoms with E-state index in [1.165, 1.54) is 24.0 Å². The molecule has 3 heteroatoms. The summed E-state index contributed by atoms with van der Waals surface area (Å²) in [5.74, 6) is 2.10. The van der Waals surface area contributed by atoms with Crippen molar-refractivity contribution in [1.29, 1.82) is 0 Å². The third-order valence-electron chi connectivity index (χ3n) is 6.74. The summed E-state index contributed by atoms with van der Waals surface area (Å²) < 4.78 is 0. The summed E-state index contributed by atoms with van der Waals surface area (Å²) in [7, 11) is 0. The maximum absolute atomic E-state index is 10.4. The fourth-order valence-electron chi connectivity index (χ4n) is 5.55. The van der Waals surface area contributed by atoms with Gasteiger partial charge in [0.25, 0.3) is 0 Å². The van der Waals surface area contributed by atoms with Gasteiger partial charge in [-0.1, -0.05) is 18.5 Å². The molecule has 21 heavy (non-hydrogen) atoms. The Morgan fingerprint density at radius 1 is 1.19 bits per heavy atom. The van der Waals surface area contributed by atoms with Crippen LogP contribution in [0.5, 0.6) is 5.75 Å². The highest BCUT2D eigenvalue weighted by Crippen LogP contribution is 2.61. The molecular formula is C18H23ClO2. The number of hydrogen-bond acceptors (Lipinski definition) is 2. The van der Waals surface area contributed by atoms with E-state index in [-0.39, 0.29) is 17.3 Å². The first-order valence-corrected chi connectivity index (χ1v) is 8.58. The standard InChI is InChI=1S/C18H23ClO2/c1-18-7-6-11-12(14(18)4-5-17(18)21)3-2-10-8-16(20)15(19)9-13(10)11/h8-9,11-12,14,17,20-21H,2-7H2,1H3/t11?,12?,14?,17-,18-/m0/s1. The van der Waals surface area contributed by atoms with E-state index in [2.05, 4.69) is 6.92 Å². The number of hydrogen-bond donors (Lipinski definition) is 2. The van der Waals surface area contributed by atoms with Crippen LogP contribution in [0.1, 0.15) is 56.1 Å². The van der Waals surface area contributed by atoms with Gasteiger partial charge in [0, 0.05) is 0 Å². The fraction of sp³-hybridized carbons (Fsp3) is 0.667. The minimum atomic E-state index is -0.117. The van der Waals surface area contributed by atoms with Gasteiger partial charge in [0.1, 0.15) is 5.75 Å². The van der Waals surface area contributed by atoms with Crippen LogP contribution in [-0.4, -0.2) is 16.3 Å². The summed E-state index contributed by atoms with van der Waals surface area (Å²) >= 11 is 6.15. The van der Waals surface area contributed by atoms with Crippen LogP contribution in [0, 0.1) is 17.3 Å². The summed E-state index contributed by atoms with van der Waals surface area (Å²) in [5.41, 5.74) is 2.76. The molecular weight excluding hydrogens is 284 g/mol. The average Bonchev–Trinajstić information content (AvgIpc) is 2.76. The summed E-state index contributed by atoms with van der Waals surface area (Å²) in [6.07, 6.45) is 6.48. The molecule has 114 valence electrons. The lowest BCUT2D eigenvalue weighted by Crippen LogP contribution is -2.43. The van der Waals surface area contributed by atoms with Crippen LogP contribution in [0.15, 0.2) is 12.1 Å². The van der Waals surface area contributed by atoms with Crippen molar-refractivity contribution in [2.75, 3.05) is 0 Å². The lowest BCUT2D eigenvalue weighted by molar-refractivity contribution is -0.0226. The molecule has 2 nitrogen and oxygen atoms in total. The number of aliphatic hydroxyl groups is 1. The van der Waals surface area contributed by atoms with Crippen LogP contribution in [0.25, 0.3) is 0 Å². The predicted octanol–water partition coefficient (Wildman–Crippen LogP) is 4.26. The molecule has 1 aromatic rings. The lowest BCUT2D eigenvalue weighted by atomic mass is 9.55. The highest BCUT2D eigenvalue weighted by atomic mass is 35.5. The molecule has 2 fully saturated rings. The van der Waals surface area contributed by atoms with Crippen molar-refractivity contribution in [3.63, 3.8) is 0 Å². The van der Waals surface area contributed by atoms with E-state index in [0.29, 0.717) is 22.8 Å². The molecule has 3 unspecified atom stereocenters. The third-order valence-corrected chi connectivity index (χ3v) is 7.04. The molecule has 0 saturated heterocycles. The second kappa shape index (κ2) is 4.63. The molecule has 3 aliphatic rings. The Hall–Kier alpha value is -0.730. The van der Waals surface area contributed by atoms with Crippen molar-refractivity contribution in [3.8, 4) is 5.75 Å². The molecule has 0 aliphatic heterocycles. The van der Waals surface area contributed by atoms with E-state index >= 15 is 0 Å². The molecule has 0 spiro atoms. The predicted molar refractivity (Wildman–Crippen MR) is 83.7 cm³/mol. The summed E-state index contributed by atoms with van der Waals surface area (Å²) in [6, 6.07) is 3.86. The number of aliphatic hydroxyl groups excluding tert-OH is 1.